The molecule has 9 nitrogen and oxygen atoms in total. The van der Waals surface area contributed by atoms with E-state index in [9.17, 15) is 9.59 Å². The average molecular weight is 985 g/mol. The van der Waals surface area contributed by atoms with Crippen LogP contribution in [0.25, 0.3) is 0 Å². The number of benzene rings is 2. The molecule has 0 radical (unpaired) electrons. The van der Waals surface area contributed by atoms with Gasteiger partial charge in [-0.1, -0.05) is 62.5 Å². The van der Waals surface area contributed by atoms with Crippen LogP contribution < -0.4 is 170 Å². The van der Waals surface area contributed by atoms with Gasteiger partial charge in [-0.05, 0) is 94.4 Å². The molecule has 0 aliphatic rings. The molecule has 232 valence electrons. The third kappa shape index (κ3) is 48.3. The predicted octanol–water partition coefficient (Wildman–Crippen LogP) is -3.36. The first kappa shape index (κ1) is 67.9. The Bertz CT molecular complexity index is 846. The molecule has 0 unspecified atom stereocenters. The summed E-state index contributed by atoms with van der Waals surface area (Å²) in [6, 6.07) is 16.6. The fourth-order valence-electron chi connectivity index (χ4n) is 1.92. The molecule has 2 aromatic rings. The first-order valence-corrected chi connectivity index (χ1v) is 13.5. The van der Waals surface area contributed by atoms with Gasteiger partial charge in [0, 0.05) is 19.0 Å². The number of hydrogen-bond acceptors (Lipinski definition) is 9. The van der Waals surface area contributed by atoms with Crippen molar-refractivity contribution in [3.63, 3.8) is 0 Å². The van der Waals surface area contributed by atoms with Gasteiger partial charge in [0.15, 0.2) is 0 Å². The number of esters is 2. The van der Waals surface area contributed by atoms with Crippen molar-refractivity contribution < 1.29 is 191 Å². The zero-order chi connectivity index (χ0) is 26.9. The zero-order valence-electron chi connectivity index (χ0n) is 24.9. The van der Waals surface area contributed by atoms with Crippen LogP contribution in [0.15, 0.2) is 48.5 Å². The Labute approximate surface area is 425 Å². The van der Waals surface area contributed by atoms with E-state index in [4.69, 9.17) is 20.5 Å². The smallest absolute Gasteiger partial charge is 1.00 e. The molecule has 0 fully saturated rings. The van der Waals surface area contributed by atoms with Gasteiger partial charge in [0.25, 0.3) is 6.47 Å². The Morgan fingerprint density at radius 2 is 1.26 bits per heavy atom. The van der Waals surface area contributed by atoms with Crippen molar-refractivity contribution in [1.29, 1.82) is 0 Å². The van der Waals surface area contributed by atoms with Gasteiger partial charge in [0.05, 0.1) is 26.3 Å². The zero-order valence-corrected chi connectivity index (χ0v) is 39.0. The van der Waals surface area contributed by atoms with Crippen molar-refractivity contribution in [2.45, 2.75) is 48.0 Å². The molecule has 0 saturated carbocycles. The maximum absolute atomic E-state index is 11.0. The first-order chi connectivity index (χ1) is 16.8. The number of ether oxygens (including phenoxy) is 2. The number of halogens is 4. The second kappa shape index (κ2) is 51.7. The van der Waals surface area contributed by atoms with Crippen LogP contribution in [0.5, 0.6) is 0 Å². The molecule has 0 aliphatic carbocycles. The van der Waals surface area contributed by atoms with Crippen molar-refractivity contribution in [3.8, 4) is 0 Å². The van der Waals surface area contributed by atoms with Crippen molar-refractivity contribution in [1.82, 2.24) is 5.32 Å². The summed E-state index contributed by atoms with van der Waals surface area (Å²) in [6.45, 7) is 5.15. The molecule has 0 heterocycles. The number of alkyl halides is 1. The summed E-state index contributed by atoms with van der Waals surface area (Å²) in [7, 11) is 0. The van der Waals surface area contributed by atoms with Crippen LogP contribution in [0, 0.1) is 7.14 Å². The van der Waals surface area contributed by atoms with Crippen molar-refractivity contribution in [3.05, 3.63) is 66.8 Å². The van der Waals surface area contributed by atoms with Gasteiger partial charge in [-0.3, -0.25) is 14.4 Å². The van der Waals surface area contributed by atoms with Crippen molar-refractivity contribution >= 4 is 91.9 Å². The molecular formula is C26H45BrClI2K3N2O7. The van der Waals surface area contributed by atoms with E-state index in [2.05, 4.69) is 100 Å². The number of nitrogens with one attached hydrogen (secondary N) is 1. The molecule has 42 heavy (non-hydrogen) atoms. The molecule has 0 saturated heterocycles. The van der Waals surface area contributed by atoms with Crippen LogP contribution in [-0.4, -0.2) is 44.7 Å². The van der Waals surface area contributed by atoms with Crippen LogP contribution in [0.3, 0.4) is 0 Å². The maximum atomic E-state index is 11.0. The van der Waals surface area contributed by atoms with E-state index in [0.717, 1.165) is 5.33 Å². The van der Waals surface area contributed by atoms with Gasteiger partial charge < -0.3 is 33.5 Å². The Morgan fingerprint density at radius 3 is 1.55 bits per heavy atom. The fraction of sp³-hybridized carbons (Fsp3) is 0.423. The van der Waals surface area contributed by atoms with Gasteiger partial charge in [-0.15, -0.1) is 12.4 Å². The molecular weight excluding hydrogens is 939 g/mol. The largest absolute Gasteiger partial charge is 1.00 e. The summed E-state index contributed by atoms with van der Waals surface area (Å²) < 4.78 is 11.7. The third-order valence-electron chi connectivity index (χ3n) is 3.40. The first-order valence-electron chi connectivity index (χ1n) is 10.3. The minimum absolute atomic E-state index is 0. The summed E-state index contributed by atoms with van der Waals surface area (Å²) in [4.78, 5) is 32.3. The second-order valence-electron chi connectivity index (χ2n) is 6.00. The number of nitrogens with two attached hydrogens (primary N) is 1. The van der Waals surface area contributed by atoms with Gasteiger partial charge in [-0.25, -0.2) is 0 Å². The van der Waals surface area contributed by atoms with Crippen LogP contribution in [0.2, 0.25) is 0 Å². The number of carbonyl (C=O) groups is 3. The molecule has 2 rings (SSSR count). The van der Waals surface area contributed by atoms with Gasteiger partial charge in [0.2, 0.25) is 0 Å². The molecule has 0 amide bonds. The Morgan fingerprint density at radius 1 is 0.905 bits per heavy atom. The molecule has 0 atom stereocenters. The van der Waals surface area contributed by atoms with Crippen LogP contribution in [0.4, 0.5) is 0 Å². The topological polar surface area (TPSA) is 140 Å². The number of carbonyl (C=O) groups excluding carboxylic acids is 3. The minimum Gasteiger partial charge on any atom is -1.00 e. The number of rotatable bonds is 9. The van der Waals surface area contributed by atoms with Crippen molar-refractivity contribution in [2.75, 3.05) is 26.3 Å². The van der Waals surface area contributed by atoms with Crippen LogP contribution >= 0.6 is 73.5 Å². The average Bonchev–Trinajstić information content (AvgIpc) is 2.87. The molecule has 0 aromatic heterocycles. The van der Waals surface area contributed by atoms with E-state index in [-0.39, 0.29) is 223 Å². The van der Waals surface area contributed by atoms with E-state index in [1.165, 1.54) is 18.3 Å². The predicted molar refractivity (Wildman–Crippen MR) is 182 cm³/mol. The van der Waals surface area contributed by atoms with Gasteiger partial charge >= 0.3 is 166 Å². The quantitative estimate of drug-likeness (QED) is 0.0503. The van der Waals surface area contributed by atoms with E-state index in [0.29, 0.717) is 19.8 Å². The maximum Gasteiger partial charge on any atom is 1.00 e. The minimum atomic E-state index is -0.345. The standard InChI is InChI=1S/C11H14INO2.C7H6BrI.C4H9NO2.CH2O3.3CH4.ClH.3K.2H/c1-2-15-11(14)8-13-7-9-3-5-10(12)6-4-9;8-5-6-1-3-7(9)4-2-6;1-2-7-4(6)3-5;2-1-4-3;;;;;;;;;/h3-6,13H,2,7-8H2,1H3;1-4H,5H2;2-3,5H2,1H3;1,3H;3*1H4;1H;;;;;/q;;;;;;;;3*+1;2*-1/p-1/i;;;;;;;;;;;1+1;. The molecule has 0 spiro atoms. The normalized spacial score (nSPS) is 7.50. The molecule has 0 aliphatic heterocycles. The van der Waals surface area contributed by atoms with E-state index in [1.807, 2.05) is 24.3 Å². The summed E-state index contributed by atoms with van der Waals surface area (Å²) in [5.74, 6) is -0.550. The Kier molecular flexibility index (Phi) is 83.6. The molecule has 0 bridgehead atoms. The van der Waals surface area contributed by atoms with E-state index >= 15 is 0 Å². The van der Waals surface area contributed by atoms with Gasteiger partial charge in [-0.2, -0.15) is 0 Å². The Balaban J connectivity index is -0.0000000371. The van der Waals surface area contributed by atoms with E-state index < -0.39 is 0 Å². The SMILES string of the molecule is BrCc1ccc(I)cc1.C.C.C.CCOC(=O)CN.CCOC(=O)CNCc1ccc(I)cc1.Cl.O=CO[O-].[2H-].[H-].[K+].[K+].[K+]. The fourth-order valence-corrected chi connectivity index (χ4v) is 3.01. The summed E-state index contributed by atoms with van der Waals surface area (Å²) in [6.07, 6.45) is 0. The summed E-state index contributed by atoms with van der Waals surface area (Å²) >= 11 is 7.94. The summed E-state index contributed by atoms with van der Waals surface area (Å²) in [5.41, 5.74) is 7.38. The summed E-state index contributed by atoms with van der Waals surface area (Å²) in [5, 5.41) is 12.4. The molecule has 2 aromatic carbocycles. The van der Waals surface area contributed by atoms with Crippen molar-refractivity contribution in [2.24, 2.45) is 5.73 Å². The molecule has 3 N–H and O–H groups in total. The third-order valence-corrected chi connectivity index (χ3v) is 5.48. The Hall–Kier alpha value is 3.87. The number of hydrogen-bond donors (Lipinski definition) is 2. The van der Waals surface area contributed by atoms with Gasteiger partial charge in [0.1, 0.15) is 0 Å². The van der Waals surface area contributed by atoms with E-state index in [1.54, 1.807) is 13.8 Å². The van der Waals surface area contributed by atoms with Crippen LogP contribution in [-0.2, 0) is 40.6 Å². The second-order valence-corrected chi connectivity index (χ2v) is 9.05. The molecule has 16 heteroatoms. The monoisotopic (exact) mass is 983 g/mol. The van der Waals surface area contributed by atoms with Crippen LogP contribution in [0.1, 0.15) is 50.1 Å².